The second-order valence-corrected chi connectivity index (χ2v) is 8.98. The topological polar surface area (TPSA) is 32.8 Å². The maximum absolute atomic E-state index is 13.4. The maximum Gasteiger partial charge on any atom is 0.253 e. The summed E-state index contributed by atoms with van der Waals surface area (Å²) in [6.07, 6.45) is 4.19. The van der Waals surface area contributed by atoms with Gasteiger partial charge in [-0.25, -0.2) is 8.78 Å². The third-order valence-corrected chi connectivity index (χ3v) is 6.60. The van der Waals surface area contributed by atoms with Crippen molar-refractivity contribution in [1.82, 2.24) is 9.80 Å². The van der Waals surface area contributed by atoms with E-state index >= 15 is 0 Å². The molecular weight excluding hydrogens is 422 g/mol. The van der Waals surface area contributed by atoms with Gasteiger partial charge in [-0.05, 0) is 74.5 Å². The number of amides is 1. The van der Waals surface area contributed by atoms with Crippen molar-refractivity contribution in [3.63, 3.8) is 0 Å². The van der Waals surface area contributed by atoms with E-state index in [1.54, 1.807) is 11.9 Å². The van der Waals surface area contributed by atoms with Gasteiger partial charge in [0.05, 0.1) is 11.1 Å². The molecule has 4 rings (SSSR count). The zero-order valence-electron chi connectivity index (χ0n) is 17.6. The molecule has 1 aliphatic heterocycles. The predicted molar refractivity (Wildman–Crippen MR) is 116 cm³/mol. The quantitative estimate of drug-likeness (QED) is 0.587. The molecule has 0 unspecified atom stereocenters. The van der Waals surface area contributed by atoms with Gasteiger partial charge in [-0.2, -0.15) is 0 Å². The molecule has 1 saturated heterocycles. The average molecular weight is 449 g/mol. The SMILES string of the molecule is CN(CC1CC(Oc2cccc(CN3CCCC3)c2Cl)C1)C(=O)c1ccc(F)c(F)c1. The second-order valence-electron chi connectivity index (χ2n) is 8.60. The number of nitrogens with zero attached hydrogens (tertiary/aromatic N) is 2. The van der Waals surface area contributed by atoms with Gasteiger partial charge in [0.15, 0.2) is 11.6 Å². The first kappa shape index (κ1) is 22.0. The Morgan fingerprint density at radius 2 is 1.90 bits per heavy atom. The first-order chi connectivity index (χ1) is 14.9. The van der Waals surface area contributed by atoms with Gasteiger partial charge >= 0.3 is 0 Å². The van der Waals surface area contributed by atoms with Crippen LogP contribution in [-0.4, -0.2) is 48.5 Å². The largest absolute Gasteiger partial charge is 0.489 e. The van der Waals surface area contributed by atoms with Crippen LogP contribution < -0.4 is 4.74 Å². The second kappa shape index (κ2) is 9.53. The number of halogens is 3. The first-order valence-corrected chi connectivity index (χ1v) is 11.2. The number of hydrogen-bond acceptors (Lipinski definition) is 3. The maximum atomic E-state index is 13.4. The predicted octanol–water partition coefficient (Wildman–Crippen LogP) is 5.14. The summed E-state index contributed by atoms with van der Waals surface area (Å²) in [5.74, 6) is -1.27. The summed E-state index contributed by atoms with van der Waals surface area (Å²) >= 11 is 6.60. The molecule has 0 spiro atoms. The van der Waals surface area contributed by atoms with Gasteiger partial charge < -0.3 is 9.64 Å². The standard InChI is InChI=1S/C24H27ClF2N2O2/c1-28(24(30)17-7-8-20(26)21(27)13-17)14-16-11-19(12-16)31-22-6-4-5-18(23(22)25)15-29-9-2-3-10-29/h4-8,13,16,19H,2-3,9-12,14-15H2,1H3. The molecule has 0 bridgehead atoms. The highest BCUT2D eigenvalue weighted by molar-refractivity contribution is 6.32. The monoisotopic (exact) mass is 448 g/mol. The van der Waals surface area contributed by atoms with Crippen molar-refractivity contribution in [3.8, 4) is 5.75 Å². The van der Waals surface area contributed by atoms with Crippen molar-refractivity contribution in [2.45, 2.75) is 38.3 Å². The lowest BCUT2D eigenvalue weighted by Crippen LogP contribution is -2.42. The number of benzene rings is 2. The minimum absolute atomic E-state index is 0.0660. The van der Waals surface area contributed by atoms with Crippen molar-refractivity contribution in [1.29, 1.82) is 0 Å². The summed E-state index contributed by atoms with van der Waals surface area (Å²) < 4.78 is 32.6. The number of likely N-dealkylation sites (tertiary alicyclic amines) is 1. The van der Waals surface area contributed by atoms with E-state index in [0.29, 0.717) is 23.2 Å². The number of carbonyl (C=O) groups is 1. The van der Waals surface area contributed by atoms with E-state index in [4.69, 9.17) is 16.3 Å². The minimum atomic E-state index is -1.01. The van der Waals surface area contributed by atoms with Crippen LogP contribution in [0.4, 0.5) is 8.78 Å². The van der Waals surface area contributed by atoms with Crippen LogP contribution in [0.15, 0.2) is 36.4 Å². The summed E-state index contributed by atoms with van der Waals surface area (Å²) in [6.45, 7) is 3.62. The molecule has 31 heavy (non-hydrogen) atoms. The van der Waals surface area contributed by atoms with Gasteiger partial charge in [0, 0.05) is 25.7 Å². The van der Waals surface area contributed by atoms with Crippen LogP contribution in [0.5, 0.6) is 5.75 Å². The molecule has 0 aromatic heterocycles. The summed E-state index contributed by atoms with van der Waals surface area (Å²) in [6, 6.07) is 9.17. The number of ether oxygens (including phenoxy) is 1. The summed E-state index contributed by atoms with van der Waals surface area (Å²) in [5.41, 5.74) is 1.24. The zero-order chi connectivity index (χ0) is 22.0. The fourth-order valence-corrected chi connectivity index (χ4v) is 4.60. The number of carbonyl (C=O) groups excluding carboxylic acids is 1. The average Bonchev–Trinajstić information content (AvgIpc) is 3.23. The van der Waals surface area contributed by atoms with E-state index in [2.05, 4.69) is 11.0 Å². The Morgan fingerprint density at radius 3 is 2.61 bits per heavy atom. The molecule has 166 valence electrons. The Kier molecular flexibility index (Phi) is 6.77. The van der Waals surface area contributed by atoms with Crippen LogP contribution in [0.3, 0.4) is 0 Å². The van der Waals surface area contributed by atoms with Crippen LogP contribution in [0.1, 0.15) is 41.6 Å². The molecule has 2 aliphatic rings. The van der Waals surface area contributed by atoms with Gasteiger partial charge in [0.25, 0.3) is 5.91 Å². The Balaban J connectivity index is 1.27. The molecule has 1 saturated carbocycles. The molecule has 2 aromatic rings. The van der Waals surface area contributed by atoms with Gasteiger partial charge in [0.1, 0.15) is 5.75 Å². The third kappa shape index (κ3) is 5.18. The fraction of sp³-hybridized carbons (Fsp3) is 0.458. The Hall–Kier alpha value is -2.18. The summed E-state index contributed by atoms with van der Waals surface area (Å²) in [5, 5.41) is 0.684. The van der Waals surface area contributed by atoms with E-state index < -0.39 is 11.6 Å². The molecule has 2 fully saturated rings. The summed E-state index contributed by atoms with van der Waals surface area (Å²) in [7, 11) is 1.68. The smallest absolute Gasteiger partial charge is 0.253 e. The Bertz CT molecular complexity index is 943. The van der Waals surface area contributed by atoms with E-state index in [0.717, 1.165) is 50.2 Å². The van der Waals surface area contributed by atoms with Crippen LogP contribution in [0, 0.1) is 17.6 Å². The highest BCUT2D eigenvalue weighted by Gasteiger charge is 2.33. The van der Waals surface area contributed by atoms with E-state index in [1.165, 1.54) is 18.9 Å². The fourth-order valence-electron chi connectivity index (χ4n) is 4.37. The molecule has 1 aliphatic carbocycles. The normalized spacial score (nSPS) is 21.0. The Labute approximate surface area is 186 Å². The molecule has 7 heteroatoms. The van der Waals surface area contributed by atoms with Crippen molar-refractivity contribution in [2.24, 2.45) is 5.92 Å². The molecular formula is C24H27ClF2N2O2. The van der Waals surface area contributed by atoms with Gasteiger partial charge in [-0.1, -0.05) is 23.7 Å². The lowest BCUT2D eigenvalue weighted by Gasteiger charge is -2.37. The van der Waals surface area contributed by atoms with Gasteiger partial charge in [-0.3, -0.25) is 9.69 Å². The molecule has 0 N–H and O–H groups in total. The van der Waals surface area contributed by atoms with Crippen LogP contribution in [-0.2, 0) is 6.54 Å². The number of hydrogen-bond donors (Lipinski definition) is 0. The van der Waals surface area contributed by atoms with Crippen LogP contribution >= 0.6 is 11.6 Å². The third-order valence-electron chi connectivity index (χ3n) is 6.17. The van der Waals surface area contributed by atoms with Crippen molar-refractivity contribution in [3.05, 3.63) is 64.2 Å². The lowest BCUT2D eigenvalue weighted by molar-refractivity contribution is 0.0419. The van der Waals surface area contributed by atoms with E-state index in [1.807, 2.05) is 12.1 Å². The van der Waals surface area contributed by atoms with Crippen LogP contribution in [0.25, 0.3) is 0 Å². The molecule has 4 nitrogen and oxygen atoms in total. The molecule has 0 radical (unpaired) electrons. The van der Waals surface area contributed by atoms with Crippen molar-refractivity contribution < 1.29 is 18.3 Å². The minimum Gasteiger partial charge on any atom is -0.489 e. The Morgan fingerprint density at radius 1 is 1.16 bits per heavy atom. The molecule has 2 aromatic carbocycles. The lowest BCUT2D eigenvalue weighted by atomic mass is 9.82. The number of rotatable bonds is 7. The molecule has 1 heterocycles. The first-order valence-electron chi connectivity index (χ1n) is 10.8. The molecule has 1 amide bonds. The summed E-state index contributed by atoms with van der Waals surface area (Å²) in [4.78, 5) is 16.4. The van der Waals surface area contributed by atoms with Gasteiger partial charge in [-0.15, -0.1) is 0 Å². The van der Waals surface area contributed by atoms with Crippen molar-refractivity contribution in [2.75, 3.05) is 26.7 Å². The van der Waals surface area contributed by atoms with E-state index in [-0.39, 0.29) is 17.6 Å². The van der Waals surface area contributed by atoms with Crippen molar-refractivity contribution >= 4 is 17.5 Å². The molecule has 0 atom stereocenters. The van der Waals surface area contributed by atoms with Crippen LogP contribution in [0.2, 0.25) is 5.02 Å². The van der Waals surface area contributed by atoms with Gasteiger partial charge in [0.2, 0.25) is 0 Å². The van der Waals surface area contributed by atoms with E-state index in [9.17, 15) is 13.6 Å². The highest BCUT2D eigenvalue weighted by atomic mass is 35.5. The zero-order valence-corrected chi connectivity index (χ0v) is 18.4. The highest BCUT2D eigenvalue weighted by Crippen LogP contribution is 2.36.